The maximum Gasteiger partial charge on any atom is 0.258 e. The summed E-state index contributed by atoms with van der Waals surface area (Å²) in [4.78, 5) is 22.8. The van der Waals surface area contributed by atoms with Gasteiger partial charge in [-0.3, -0.25) is 4.79 Å². The minimum absolute atomic E-state index is 0.225. The summed E-state index contributed by atoms with van der Waals surface area (Å²) in [6.45, 7) is 5.04. The van der Waals surface area contributed by atoms with E-state index in [1.165, 1.54) is 0 Å². The van der Waals surface area contributed by atoms with Gasteiger partial charge >= 0.3 is 0 Å². The van der Waals surface area contributed by atoms with Crippen LogP contribution in [0.2, 0.25) is 0 Å². The highest BCUT2D eigenvalue weighted by Crippen LogP contribution is 2.23. The number of nitrogens with one attached hydrogen (secondary N) is 1. The van der Waals surface area contributed by atoms with Gasteiger partial charge in [-0.1, -0.05) is 19.4 Å². The third kappa shape index (κ3) is 4.76. The van der Waals surface area contributed by atoms with E-state index in [4.69, 9.17) is 0 Å². The summed E-state index contributed by atoms with van der Waals surface area (Å²) >= 11 is 3.45. The maximum absolute atomic E-state index is 12.3. The van der Waals surface area contributed by atoms with Crippen molar-refractivity contribution in [3.8, 4) is 0 Å². The molecule has 1 amide bonds. The Hall–Kier alpha value is -1.95. The molecule has 5 nitrogen and oxygen atoms in total. The molecule has 0 unspecified atom stereocenters. The van der Waals surface area contributed by atoms with Crippen molar-refractivity contribution in [2.75, 3.05) is 23.8 Å². The van der Waals surface area contributed by atoms with Crippen LogP contribution < -0.4 is 10.2 Å². The van der Waals surface area contributed by atoms with Crippen molar-refractivity contribution >= 4 is 33.5 Å². The lowest BCUT2D eigenvalue weighted by atomic mass is 10.2. The SMILES string of the molecule is CCCCN(C)c1ncc(C(=O)Nc2ccc(C)cc2Br)cn1. The van der Waals surface area contributed by atoms with Crippen LogP contribution >= 0.6 is 15.9 Å². The molecule has 2 aromatic rings. The molecule has 23 heavy (non-hydrogen) atoms. The fraction of sp³-hybridized carbons (Fsp3) is 0.353. The van der Waals surface area contributed by atoms with E-state index in [0.717, 1.165) is 35.1 Å². The zero-order valence-corrected chi connectivity index (χ0v) is 15.2. The molecule has 1 heterocycles. The molecular formula is C17H21BrN4O. The quantitative estimate of drug-likeness (QED) is 0.826. The van der Waals surface area contributed by atoms with Gasteiger partial charge in [0.2, 0.25) is 5.95 Å². The first-order chi connectivity index (χ1) is 11.0. The van der Waals surface area contributed by atoms with Gasteiger partial charge in [-0.25, -0.2) is 9.97 Å². The molecule has 0 atom stereocenters. The summed E-state index contributed by atoms with van der Waals surface area (Å²) < 4.78 is 0.850. The predicted molar refractivity (Wildman–Crippen MR) is 97.0 cm³/mol. The molecule has 0 aliphatic heterocycles. The molecular weight excluding hydrogens is 356 g/mol. The van der Waals surface area contributed by atoms with Gasteiger partial charge in [0.05, 0.1) is 11.3 Å². The summed E-state index contributed by atoms with van der Waals surface area (Å²) in [6, 6.07) is 5.77. The minimum Gasteiger partial charge on any atom is -0.344 e. The van der Waals surface area contributed by atoms with E-state index in [1.807, 2.05) is 37.1 Å². The van der Waals surface area contributed by atoms with Crippen LogP contribution in [0.25, 0.3) is 0 Å². The standard InChI is InChI=1S/C17H21BrN4O/c1-4-5-8-22(3)17-19-10-13(11-20-17)16(23)21-15-7-6-12(2)9-14(15)18/h6-7,9-11H,4-5,8H2,1-3H3,(H,21,23). The highest BCUT2D eigenvalue weighted by Gasteiger charge is 2.11. The van der Waals surface area contributed by atoms with Gasteiger partial charge in [-0.05, 0) is 47.0 Å². The number of unbranched alkanes of at least 4 members (excludes halogenated alkanes) is 1. The van der Waals surface area contributed by atoms with Crippen molar-refractivity contribution in [2.24, 2.45) is 0 Å². The van der Waals surface area contributed by atoms with Crippen LogP contribution in [0, 0.1) is 6.92 Å². The summed E-state index contributed by atoms with van der Waals surface area (Å²) in [5.74, 6) is 0.406. The largest absolute Gasteiger partial charge is 0.344 e. The number of hydrogen-bond donors (Lipinski definition) is 1. The van der Waals surface area contributed by atoms with Crippen molar-refractivity contribution < 1.29 is 4.79 Å². The third-order valence-electron chi connectivity index (χ3n) is 3.46. The Labute approximate surface area is 145 Å². The van der Waals surface area contributed by atoms with Crippen molar-refractivity contribution in [1.82, 2.24) is 9.97 Å². The second-order valence-corrected chi connectivity index (χ2v) is 6.34. The lowest BCUT2D eigenvalue weighted by molar-refractivity contribution is 0.102. The normalized spacial score (nSPS) is 10.4. The molecule has 1 N–H and O–H groups in total. The molecule has 1 aromatic carbocycles. The van der Waals surface area contributed by atoms with Crippen molar-refractivity contribution in [1.29, 1.82) is 0 Å². The van der Waals surface area contributed by atoms with E-state index in [9.17, 15) is 4.79 Å². The Morgan fingerprint density at radius 1 is 1.30 bits per heavy atom. The lowest BCUT2D eigenvalue weighted by Gasteiger charge is -2.16. The first-order valence-corrected chi connectivity index (χ1v) is 8.41. The number of aryl methyl sites for hydroxylation is 1. The van der Waals surface area contributed by atoms with E-state index in [2.05, 4.69) is 38.1 Å². The molecule has 2 rings (SSSR count). The topological polar surface area (TPSA) is 58.1 Å². The first kappa shape index (κ1) is 17.4. The average molecular weight is 377 g/mol. The second-order valence-electron chi connectivity index (χ2n) is 5.48. The predicted octanol–water partition coefficient (Wildman–Crippen LogP) is 4.04. The van der Waals surface area contributed by atoms with E-state index in [0.29, 0.717) is 11.5 Å². The number of rotatable bonds is 6. The number of anilines is 2. The summed E-state index contributed by atoms with van der Waals surface area (Å²) in [5.41, 5.74) is 2.28. The third-order valence-corrected chi connectivity index (χ3v) is 4.12. The van der Waals surface area contributed by atoms with Gasteiger partial charge in [-0.2, -0.15) is 0 Å². The fourth-order valence-electron chi connectivity index (χ4n) is 2.05. The number of halogens is 1. The Balaban J connectivity index is 2.05. The van der Waals surface area contributed by atoms with Crippen LogP contribution in [-0.2, 0) is 0 Å². The van der Waals surface area contributed by atoms with E-state index in [1.54, 1.807) is 12.4 Å². The number of carbonyl (C=O) groups is 1. The smallest absolute Gasteiger partial charge is 0.258 e. The molecule has 0 spiro atoms. The monoisotopic (exact) mass is 376 g/mol. The van der Waals surface area contributed by atoms with Gasteiger partial charge in [-0.15, -0.1) is 0 Å². The Morgan fingerprint density at radius 3 is 2.61 bits per heavy atom. The number of benzene rings is 1. The Kier molecular flexibility index (Phi) is 6.10. The summed E-state index contributed by atoms with van der Waals surface area (Å²) in [5, 5.41) is 2.86. The Bertz CT molecular complexity index is 673. The van der Waals surface area contributed by atoms with Crippen LogP contribution in [0.15, 0.2) is 35.1 Å². The van der Waals surface area contributed by atoms with Crippen LogP contribution in [0.4, 0.5) is 11.6 Å². The van der Waals surface area contributed by atoms with Crippen LogP contribution in [-0.4, -0.2) is 29.5 Å². The molecule has 0 aliphatic rings. The minimum atomic E-state index is -0.225. The number of nitrogens with zero attached hydrogens (tertiary/aromatic N) is 3. The van der Waals surface area contributed by atoms with Crippen LogP contribution in [0.5, 0.6) is 0 Å². The molecule has 0 saturated heterocycles. The summed E-state index contributed by atoms with van der Waals surface area (Å²) in [6.07, 6.45) is 5.32. The van der Waals surface area contributed by atoms with Crippen LogP contribution in [0.1, 0.15) is 35.7 Å². The highest BCUT2D eigenvalue weighted by atomic mass is 79.9. The van der Waals surface area contributed by atoms with Crippen molar-refractivity contribution in [3.63, 3.8) is 0 Å². The molecule has 0 bridgehead atoms. The number of aromatic nitrogens is 2. The zero-order valence-electron chi connectivity index (χ0n) is 13.6. The van der Waals surface area contributed by atoms with Gasteiger partial charge < -0.3 is 10.2 Å². The molecule has 0 aliphatic carbocycles. The zero-order chi connectivity index (χ0) is 16.8. The maximum atomic E-state index is 12.3. The first-order valence-electron chi connectivity index (χ1n) is 7.62. The number of amides is 1. The van der Waals surface area contributed by atoms with Gasteiger partial charge in [0.1, 0.15) is 0 Å². The molecule has 122 valence electrons. The molecule has 0 saturated carbocycles. The van der Waals surface area contributed by atoms with Gasteiger partial charge in [0.15, 0.2) is 0 Å². The van der Waals surface area contributed by atoms with Crippen LogP contribution in [0.3, 0.4) is 0 Å². The number of hydrogen-bond acceptors (Lipinski definition) is 4. The molecule has 0 fully saturated rings. The Morgan fingerprint density at radius 2 is 2.00 bits per heavy atom. The average Bonchev–Trinajstić information content (AvgIpc) is 2.55. The van der Waals surface area contributed by atoms with E-state index >= 15 is 0 Å². The van der Waals surface area contributed by atoms with Gasteiger partial charge in [0, 0.05) is 30.5 Å². The second kappa shape index (κ2) is 8.06. The lowest BCUT2D eigenvalue weighted by Crippen LogP contribution is -2.21. The number of carbonyl (C=O) groups excluding carboxylic acids is 1. The van der Waals surface area contributed by atoms with Crippen molar-refractivity contribution in [2.45, 2.75) is 26.7 Å². The molecule has 0 radical (unpaired) electrons. The molecule has 6 heteroatoms. The van der Waals surface area contributed by atoms with Gasteiger partial charge in [0.25, 0.3) is 5.91 Å². The summed E-state index contributed by atoms with van der Waals surface area (Å²) in [7, 11) is 1.95. The van der Waals surface area contributed by atoms with E-state index in [-0.39, 0.29) is 5.91 Å². The van der Waals surface area contributed by atoms with E-state index < -0.39 is 0 Å². The van der Waals surface area contributed by atoms with Crippen molar-refractivity contribution in [3.05, 3.63) is 46.2 Å². The molecule has 1 aromatic heterocycles. The highest BCUT2D eigenvalue weighted by molar-refractivity contribution is 9.10. The fourth-order valence-corrected chi connectivity index (χ4v) is 2.64.